The second kappa shape index (κ2) is 7.36. The van der Waals surface area contributed by atoms with Crippen LogP contribution in [-0.2, 0) is 16.1 Å². The van der Waals surface area contributed by atoms with E-state index in [9.17, 15) is 9.59 Å². The molecule has 28 heavy (non-hydrogen) atoms. The summed E-state index contributed by atoms with van der Waals surface area (Å²) >= 11 is 0. The Labute approximate surface area is 165 Å². The number of rotatable bonds is 3. The van der Waals surface area contributed by atoms with Gasteiger partial charge in [-0.05, 0) is 38.0 Å². The van der Waals surface area contributed by atoms with E-state index in [0.29, 0.717) is 31.6 Å². The van der Waals surface area contributed by atoms with Crippen molar-refractivity contribution in [2.45, 2.75) is 38.5 Å². The molecule has 0 unspecified atom stereocenters. The van der Waals surface area contributed by atoms with Crippen LogP contribution in [0.25, 0.3) is 0 Å². The normalized spacial score (nSPS) is 24.8. The van der Waals surface area contributed by atoms with E-state index in [1.54, 1.807) is 6.20 Å². The Morgan fingerprint density at radius 1 is 1.25 bits per heavy atom. The largest absolute Gasteiger partial charge is 0.361 e. The zero-order chi connectivity index (χ0) is 19.7. The summed E-state index contributed by atoms with van der Waals surface area (Å²) in [7, 11) is 0. The average Bonchev–Trinajstić information content (AvgIpc) is 2.71. The van der Waals surface area contributed by atoms with Crippen molar-refractivity contribution in [3.63, 3.8) is 0 Å². The maximum absolute atomic E-state index is 12.9. The van der Waals surface area contributed by atoms with Crippen LogP contribution in [0.15, 0.2) is 48.7 Å². The molecule has 0 bridgehead atoms. The minimum atomic E-state index is -0.575. The van der Waals surface area contributed by atoms with E-state index >= 15 is 0 Å². The van der Waals surface area contributed by atoms with Gasteiger partial charge in [-0.1, -0.05) is 30.3 Å². The summed E-state index contributed by atoms with van der Waals surface area (Å²) < 4.78 is 5.98. The van der Waals surface area contributed by atoms with Crippen LogP contribution >= 0.6 is 0 Å². The highest BCUT2D eigenvalue weighted by molar-refractivity contribution is 5.94. The first kappa shape index (κ1) is 18.6. The minimum Gasteiger partial charge on any atom is -0.361 e. The number of morpholine rings is 1. The maximum Gasteiger partial charge on any atom is 0.255 e. The Morgan fingerprint density at radius 2 is 2.04 bits per heavy atom. The highest BCUT2D eigenvalue weighted by Crippen LogP contribution is 2.34. The van der Waals surface area contributed by atoms with Crippen LogP contribution in [0, 0.1) is 6.92 Å². The fourth-order valence-electron chi connectivity index (χ4n) is 4.19. The van der Waals surface area contributed by atoms with Gasteiger partial charge in [0.2, 0.25) is 5.91 Å². The van der Waals surface area contributed by atoms with E-state index in [2.05, 4.69) is 4.98 Å². The highest BCUT2D eigenvalue weighted by Gasteiger charge is 2.49. The van der Waals surface area contributed by atoms with Crippen LogP contribution in [-0.4, -0.2) is 57.9 Å². The summed E-state index contributed by atoms with van der Waals surface area (Å²) in [5, 5.41) is 0. The van der Waals surface area contributed by atoms with Crippen LogP contribution in [0.5, 0.6) is 0 Å². The molecule has 0 N–H and O–H groups in total. The molecule has 1 aromatic heterocycles. The van der Waals surface area contributed by atoms with Gasteiger partial charge < -0.3 is 14.5 Å². The van der Waals surface area contributed by atoms with Crippen molar-refractivity contribution < 1.29 is 14.3 Å². The molecule has 3 heterocycles. The molecule has 0 spiro atoms. The van der Waals surface area contributed by atoms with E-state index in [0.717, 1.165) is 11.3 Å². The third kappa shape index (κ3) is 3.52. The Hall–Kier alpha value is -2.73. The molecular weight excluding hydrogens is 354 g/mol. The molecule has 2 saturated heterocycles. The van der Waals surface area contributed by atoms with E-state index in [1.807, 2.05) is 66.1 Å². The number of likely N-dealkylation sites (tertiary alicyclic amines) is 1. The zero-order valence-electron chi connectivity index (χ0n) is 16.3. The lowest BCUT2D eigenvalue weighted by atomic mass is 9.85. The molecule has 2 aliphatic rings. The summed E-state index contributed by atoms with van der Waals surface area (Å²) in [5.74, 6) is -0.0314. The average molecular weight is 379 g/mol. The van der Waals surface area contributed by atoms with Crippen molar-refractivity contribution in [1.82, 2.24) is 14.8 Å². The summed E-state index contributed by atoms with van der Waals surface area (Å²) in [6, 6.07) is 13.6. The first-order valence-corrected chi connectivity index (χ1v) is 9.65. The number of nitrogens with zero attached hydrogens (tertiary/aromatic N) is 3. The second-order valence-electron chi connectivity index (χ2n) is 7.83. The smallest absolute Gasteiger partial charge is 0.255 e. The van der Waals surface area contributed by atoms with Crippen molar-refractivity contribution in [2.75, 3.05) is 19.7 Å². The fraction of sp³-hybridized carbons (Fsp3) is 0.409. The molecule has 0 saturated carbocycles. The third-order valence-electron chi connectivity index (χ3n) is 5.75. The Balaban J connectivity index is 1.52. The number of ether oxygens (including phenoxy) is 1. The summed E-state index contributed by atoms with van der Waals surface area (Å²) in [4.78, 5) is 33.5. The van der Waals surface area contributed by atoms with Gasteiger partial charge in [0.25, 0.3) is 5.91 Å². The lowest BCUT2D eigenvalue weighted by molar-refractivity contribution is -0.186. The first-order valence-electron chi connectivity index (χ1n) is 9.65. The van der Waals surface area contributed by atoms with E-state index in [-0.39, 0.29) is 24.5 Å². The number of carbonyl (C=O) groups excluding carboxylic acids is 2. The number of fused-ring (bicyclic) bond motifs is 1. The topological polar surface area (TPSA) is 62.7 Å². The molecule has 4 rings (SSSR count). The molecular formula is C22H25N3O3. The molecule has 2 aliphatic heterocycles. The fourth-order valence-corrected chi connectivity index (χ4v) is 4.19. The highest BCUT2D eigenvalue weighted by atomic mass is 16.5. The van der Waals surface area contributed by atoms with Gasteiger partial charge >= 0.3 is 0 Å². The number of carbonyl (C=O) groups is 2. The summed E-state index contributed by atoms with van der Waals surface area (Å²) in [5.41, 5.74) is 1.99. The second-order valence-corrected chi connectivity index (χ2v) is 7.83. The van der Waals surface area contributed by atoms with Gasteiger partial charge in [-0.2, -0.15) is 0 Å². The molecule has 2 atom stereocenters. The van der Waals surface area contributed by atoms with Crippen LogP contribution in [0.1, 0.15) is 35.0 Å². The van der Waals surface area contributed by atoms with Gasteiger partial charge in [-0.15, -0.1) is 0 Å². The lowest BCUT2D eigenvalue weighted by Gasteiger charge is -2.52. The molecule has 0 radical (unpaired) electrons. The predicted octanol–water partition coefficient (Wildman–Crippen LogP) is 2.42. The molecule has 2 aromatic rings. The standard InChI is InChI=1S/C22H25N3O3/c1-16-8-9-18(12-23-16)21(27)24-11-10-19-22(2,15-24)28-14-20(26)25(19)13-17-6-4-3-5-7-17/h3-9,12,19H,10-11,13-15H2,1-2H3/t19-,22-/m1/s1. The molecule has 0 aliphatic carbocycles. The van der Waals surface area contributed by atoms with Crippen LogP contribution < -0.4 is 0 Å². The van der Waals surface area contributed by atoms with E-state index < -0.39 is 5.60 Å². The molecule has 2 amide bonds. The minimum absolute atomic E-state index is 0.00818. The van der Waals surface area contributed by atoms with Crippen molar-refractivity contribution in [3.05, 3.63) is 65.5 Å². The molecule has 6 heteroatoms. The quantitative estimate of drug-likeness (QED) is 0.822. The number of pyridine rings is 1. The molecule has 2 fully saturated rings. The number of piperidine rings is 1. The maximum atomic E-state index is 12.9. The molecule has 1 aromatic carbocycles. The van der Waals surface area contributed by atoms with Gasteiger partial charge in [0.1, 0.15) is 12.2 Å². The number of hydrogen-bond acceptors (Lipinski definition) is 4. The molecule has 6 nitrogen and oxygen atoms in total. The van der Waals surface area contributed by atoms with E-state index in [1.165, 1.54) is 0 Å². The summed E-state index contributed by atoms with van der Waals surface area (Å²) in [6.07, 6.45) is 2.32. The lowest BCUT2D eigenvalue weighted by Crippen LogP contribution is -2.67. The third-order valence-corrected chi connectivity index (χ3v) is 5.75. The van der Waals surface area contributed by atoms with Gasteiger partial charge in [0.05, 0.1) is 18.2 Å². The SMILES string of the molecule is Cc1ccc(C(=O)N2CC[C@H]3N(Cc4ccccc4)C(=O)CO[C@]3(C)C2)cn1. The monoisotopic (exact) mass is 379 g/mol. The number of aromatic nitrogens is 1. The van der Waals surface area contributed by atoms with Crippen LogP contribution in [0.4, 0.5) is 0 Å². The van der Waals surface area contributed by atoms with Crippen molar-refractivity contribution in [1.29, 1.82) is 0 Å². The van der Waals surface area contributed by atoms with Gasteiger partial charge in [0, 0.05) is 25.0 Å². The van der Waals surface area contributed by atoms with Crippen LogP contribution in [0.2, 0.25) is 0 Å². The molecule has 146 valence electrons. The predicted molar refractivity (Wildman–Crippen MR) is 105 cm³/mol. The Morgan fingerprint density at radius 3 is 2.75 bits per heavy atom. The number of hydrogen-bond donors (Lipinski definition) is 0. The Bertz CT molecular complexity index is 868. The first-order chi connectivity index (χ1) is 13.5. The van der Waals surface area contributed by atoms with Crippen LogP contribution in [0.3, 0.4) is 0 Å². The zero-order valence-corrected chi connectivity index (χ0v) is 16.3. The number of benzene rings is 1. The Kier molecular flexibility index (Phi) is 4.89. The number of amides is 2. The van der Waals surface area contributed by atoms with Crippen molar-refractivity contribution >= 4 is 11.8 Å². The van der Waals surface area contributed by atoms with Gasteiger partial charge in [0.15, 0.2) is 0 Å². The van der Waals surface area contributed by atoms with Gasteiger partial charge in [-0.25, -0.2) is 0 Å². The summed E-state index contributed by atoms with van der Waals surface area (Å²) in [6.45, 7) is 5.58. The van der Waals surface area contributed by atoms with Crippen molar-refractivity contribution in [2.24, 2.45) is 0 Å². The number of aryl methyl sites for hydroxylation is 1. The van der Waals surface area contributed by atoms with E-state index in [4.69, 9.17) is 4.74 Å². The van der Waals surface area contributed by atoms with Crippen molar-refractivity contribution in [3.8, 4) is 0 Å². The van der Waals surface area contributed by atoms with Gasteiger partial charge in [-0.3, -0.25) is 14.6 Å².